The zero-order valence-electron chi connectivity index (χ0n) is 9.38. The van der Waals surface area contributed by atoms with Crippen LogP contribution >= 0.6 is 0 Å². The van der Waals surface area contributed by atoms with Crippen LogP contribution in [0.3, 0.4) is 0 Å². The van der Waals surface area contributed by atoms with Gasteiger partial charge in [-0.1, -0.05) is 25.1 Å². The molecule has 1 aromatic rings. The first-order valence-electron chi connectivity index (χ1n) is 5.31. The Morgan fingerprint density at radius 2 is 1.79 bits per heavy atom. The summed E-state index contributed by atoms with van der Waals surface area (Å²) in [6, 6.07) is 6.42. The molecule has 0 aromatic heterocycles. The third kappa shape index (κ3) is 2.85. The summed E-state index contributed by atoms with van der Waals surface area (Å²) in [4.78, 5) is 0. The van der Waals surface area contributed by atoms with E-state index in [1.165, 1.54) is 16.7 Å². The summed E-state index contributed by atoms with van der Waals surface area (Å²) in [7, 11) is 0. The Labute approximate surface area is 86.8 Å². The largest absolute Gasteiger partial charge is 0.396 e. The van der Waals surface area contributed by atoms with Gasteiger partial charge in [0, 0.05) is 6.61 Å². The number of aliphatic hydroxyl groups is 1. The lowest BCUT2D eigenvalue weighted by atomic mass is 9.95. The SMILES string of the molecule is Cc1cccc(C)c1CCC(C)CO. The number of aryl methyl sites for hydroxylation is 2. The Kier molecular flexibility index (Phi) is 4.15. The van der Waals surface area contributed by atoms with Gasteiger partial charge in [-0.25, -0.2) is 0 Å². The van der Waals surface area contributed by atoms with E-state index in [-0.39, 0.29) is 0 Å². The van der Waals surface area contributed by atoms with Crippen molar-refractivity contribution in [3.63, 3.8) is 0 Å². The third-order valence-electron chi connectivity index (χ3n) is 2.84. The molecule has 0 spiro atoms. The van der Waals surface area contributed by atoms with Gasteiger partial charge in [-0.05, 0) is 49.3 Å². The number of hydrogen-bond acceptors (Lipinski definition) is 1. The lowest BCUT2D eigenvalue weighted by Crippen LogP contribution is -2.04. The van der Waals surface area contributed by atoms with E-state index in [4.69, 9.17) is 5.11 Å². The van der Waals surface area contributed by atoms with Crippen LogP contribution in [0.2, 0.25) is 0 Å². The molecule has 0 aliphatic carbocycles. The Balaban J connectivity index is 2.66. The minimum atomic E-state index is 0.297. The molecule has 1 atom stereocenters. The highest BCUT2D eigenvalue weighted by Crippen LogP contribution is 2.17. The summed E-state index contributed by atoms with van der Waals surface area (Å²) in [5.74, 6) is 0.411. The van der Waals surface area contributed by atoms with Crippen molar-refractivity contribution < 1.29 is 5.11 Å². The summed E-state index contributed by atoms with van der Waals surface area (Å²) >= 11 is 0. The lowest BCUT2D eigenvalue weighted by molar-refractivity contribution is 0.230. The van der Waals surface area contributed by atoms with Crippen molar-refractivity contribution in [3.8, 4) is 0 Å². The molecule has 1 rings (SSSR count). The maximum Gasteiger partial charge on any atom is 0.0456 e. The molecule has 1 nitrogen and oxygen atoms in total. The molecule has 0 radical (unpaired) electrons. The number of rotatable bonds is 4. The first-order valence-corrected chi connectivity index (χ1v) is 5.31. The predicted octanol–water partition coefficient (Wildman–Crippen LogP) is 2.86. The normalized spacial score (nSPS) is 12.9. The van der Waals surface area contributed by atoms with Crippen LogP contribution in [0.5, 0.6) is 0 Å². The predicted molar refractivity (Wildman–Crippen MR) is 60.5 cm³/mol. The Bertz CT molecular complexity index is 271. The van der Waals surface area contributed by atoms with Crippen LogP contribution in [-0.4, -0.2) is 11.7 Å². The van der Waals surface area contributed by atoms with E-state index >= 15 is 0 Å². The van der Waals surface area contributed by atoms with Gasteiger partial charge in [0.2, 0.25) is 0 Å². The van der Waals surface area contributed by atoms with Crippen LogP contribution in [0, 0.1) is 19.8 Å². The van der Waals surface area contributed by atoms with Crippen molar-refractivity contribution in [1.82, 2.24) is 0 Å². The van der Waals surface area contributed by atoms with Gasteiger partial charge >= 0.3 is 0 Å². The van der Waals surface area contributed by atoms with Gasteiger partial charge in [0.25, 0.3) is 0 Å². The maximum atomic E-state index is 8.95. The molecule has 1 unspecified atom stereocenters. The molecule has 0 bridgehead atoms. The topological polar surface area (TPSA) is 20.2 Å². The van der Waals surface area contributed by atoms with Crippen molar-refractivity contribution in [2.45, 2.75) is 33.6 Å². The Hall–Kier alpha value is -0.820. The van der Waals surface area contributed by atoms with Crippen molar-refractivity contribution in [3.05, 3.63) is 34.9 Å². The molecule has 1 N–H and O–H groups in total. The average Bonchev–Trinajstić information content (AvgIpc) is 2.16. The molecule has 0 saturated heterocycles. The third-order valence-corrected chi connectivity index (χ3v) is 2.84. The van der Waals surface area contributed by atoms with Gasteiger partial charge in [0.05, 0.1) is 0 Å². The fourth-order valence-electron chi connectivity index (χ4n) is 1.73. The molecule has 0 aliphatic heterocycles. The van der Waals surface area contributed by atoms with Gasteiger partial charge in [-0.15, -0.1) is 0 Å². The van der Waals surface area contributed by atoms with Crippen LogP contribution in [0.15, 0.2) is 18.2 Å². The summed E-state index contributed by atoms with van der Waals surface area (Å²) < 4.78 is 0. The van der Waals surface area contributed by atoms with Gasteiger partial charge in [0.15, 0.2) is 0 Å². The van der Waals surface area contributed by atoms with E-state index in [1.807, 2.05) is 0 Å². The number of benzene rings is 1. The van der Waals surface area contributed by atoms with Crippen molar-refractivity contribution in [1.29, 1.82) is 0 Å². The zero-order valence-corrected chi connectivity index (χ0v) is 9.38. The van der Waals surface area contributed by atoms with E-state index in [0.717, 1.165) is 12.8 Å². The highest BCUT2D eigenvalue weighted by molar-refractivity contribution is 5.33. The molecular formula is C13H20O. The average molecular weight is 192 g/mol. The van der Waals surface area contributed by atoms with Crippen molar-refractivity contribution in [2.75, 3.05) is 6.61 Å². The van der Waals surface area contributed by atoms with Crippen molar-refractivity contribution >= 4 is 0 Å². The van der Waals surface area contributed by atoms with E-state index < -0.39 is 0 Å². The molecule has 0 fully saturated rings. The second-order valence-electron chi connectivity index (χ2n) is 4.20. The molecule has 0 amide bonds. The highest BCUT2D eigenvalue weighted by atomic mass is 16.3. The van der Waals surface area contributed by atoms with Gasteiger partial charge in [-0.3, -0.25) is 0 Å². The summed E-state index contributed by atoms with van der Waals surface area (Å²) in [5.41, 5.74) is 4.19. The molecule has 1 aromatic carbocycles. The lowest BCUT2D eigenvalue weighted by Gasteiger charge is -2.12. The van der Waals surface area contributed by atoms with Gasteiger partial charge in [0.1, 0.15) is 0 Å². The van der Waals surface area contributed by atoms with E-state index in [0.29, 0.717) is 12.5 Å². The van der Waals surface area contributed by atoms with E-state index in [1.54, 1.807) is 0 Å². The number of aliphatic hydroxyl groups excluding tert-OH is 1. The van der Waals surface area contributed by atoms with Crippen LogP contribution in [-0.2, 0) is 6.42 Å². The quantitative estimate of drug-likeness (QED) is 0.777. The molecule has 0 saturated carbocycles. The number of hydrogen-bond donors (Lipinski definition) is 1. The monoisotopic (exact) mass is 192 g/mol. The molecular weight excluding hydrogens is 172 g/mol. The minimum Gasteiger partial charge on any atom is -0.396 e. The van der Waals surface area contributed by atoms with Crippen molar-refractivity contribution in [2.24, 2.45) is 5.92 Å². The molecule has 0 aliphatic rings. The van der Waals surface area contributed by atoms with Crippen LogP contribution < -0.4 is 0 Å². The first-order chi connectivity index (χ1) is 6.65. The maximum absolute atomic E-state index is 8.95. The summed E-state index contributed by atoms with van der Waals surface area (Å²) in [6.07, 6.45) is 2.16. The van der Waals surface area contributed by atoms with Crippen LogP contribution in [0.4, 0.5) is 0 Å². The van der Waals surface area contributed by atoms with Crippen LogP contribution in [0.25, 0.3) is 0 Å². The first kappa shape index (κ1) is 11.3. The fourth-order valence-corrected chi connectivity index (χ4v) is 1.73. The summed E-state index contributed by atoms with van der Waals surface area (Å²) in [6.45, 7) is 6.70. The molecule has 14 heavy (non-hydrogen) atoms. The molecule has 1 heteroatoms. The van der Waals surface area contributed by atoms with Crippen LogP contribution in [0.1, 0.15) is 30.0 Å². The standard InChI is InChI=1S/C13H20O/c1-10(9-14)7-8-13-11(2)5-4-6-12(13)3/h4-6,10,14H,7-9H2,1-3H3. The minimum absolute atomic E-state index is 0.297. The second kappa shape index (κ2) is 5.16. The fraction of sp³-hybridized carbons (Fsp3) is 0.538. The smallest absolute Gasteiger partial charge is 0.0456 e. The Morgan fingerprint density at radius 3 is 2.29 bits per heavy atom. The van der Waals surface area contributed by atoms with E-state index in [9.17, 15) is 0 Å². The van der Waals surface area contributed by atoms with E-state index in [2.05, 4.69) is 39.0 Å². The zero-order chi connectivity index (χ0) is 10.6. The molecule has 0 heterocycles. The Morgan fingerprint density at radius 1 is 1.21 bits per heavy atom. The summed E-state index contributed by atoms with van der Waals surface area (Å²) in [5, 5.41) is 8.95. The second-order valence-corrected chi connectivity index (χ2v) is 4.20. The highest BCUT2D eigenvalue weighted by Gasteiger charge is 2.05. The van der Waals surface area contributed by atoms with Gasteiger partial charge < -0.3 is 5.11 Å². The molecule has 78 valence electrons. The van der Waals surface area contributed by atoms with Gasteiger partial charge in [-0.2, -0.15) is 0 Å².